The Kier molecular flexibility index (Phi) is 2.50. The van der Waals surface area contributed by atoms with Gasteiger partial charge in [0.05, 0.1) is 5.60 Å². The Balaban J connectivity index is 2.47. The largest absolute Gasteiger partial charge is 0.390 e. The van der Waals surface area contributed by atoms with E-state index in [9.17, 15) is 5.11 Å². The van der Waals surface area contributed by atoms with Crippen LogP contribution in [0.2, 0.25) is 0 Å². The van der Waals surface area contributed by atoms with Crippen molar-refractivity contribution in [3.8, 4) is 0 Å². The Morgan fingerprint density at radius 2 is 1.75 bits per heavy atom. The van der Waals surface area contributed by atoms with Gasteiger partial charge in [0, 0.05) is 5.54 Å². The first-order valence-corrected chi connectivity index (χ1v) is 4.82. The Morgan fingerprint density at radius 1 is 1.33 bits per heavy atom. The summed E-state index contributed by atoms with van der Waals surface area (Å²) in [7, 11) is 0. The number of hydrogen-bond donors (Lipinski definition) is 2. The highest BCUT2D eigenvalue weighted by Gasteiger charge is 2.34. The van der Waals surface area contributed by atoms with Gasteiger partial charge in [0.2, 0.25) is 0 Å². The van der Waals surface area contributed by atoms with Gasteiger partial charge < -0.3 is 10.8 Å². The zero-order valence-corrected chi connectivity index (χ0v) is 8.43. The first kappa shape index (κ1) is 10.0. The van der Waals surface area contributed by atoms with Crippen LogP contribution in [0.4, 0.5) is 0 Å². The molecule has 0 aromatic heterocycles. The second-order valence-corrected chi connectivity index (χ2v) is 5.09. The van der Waals surface area contributed by atoms with Crippen molar-refractivity contribution in [3.05, 3.63) is 0 Å². The molecule has 0 aromatic rings. The summed E-state index contributed by atoms with van der Waals surface area (Å²) >= 11 is 0. The molecule has 0 atom stereocenters. The lowest BCUT2D eigenvalue weighted by molar-refractivity contribution is -0.00133. The van der Waals surface area contributed by atoms with E-state index < -0.39 is 5.60 Å². The fourth-order valence-electron chi connectivity index (χ4n) is 1.98. The van der Waals surface area contributed by atoms with Crippen molar-refractivity contribution < 1.29 is 5.11 Å². The number of rotatable bonds is 1. The van der Waals surface area contributed by atoms with Crippen LogP contribution in [0.15, 0.2) is 0 Å². The predicted molar refractivity (Wildman–Crippen MR) is 50.8 cm³/mol. The van der Waals surface area contributed by atoms with Gasteiger partial charge in [-0.05, 0) is 52.4 Å². The van der Waals surface area contributed by atoms with Gasteiger partial charge in [-0.15, -0.1) is 0 Å². The normalized spacial score (nSPS) is 38.2. The predicted octanol–water partition coefficient (Wildman–Crippen LogP) is 1.66. The minimum absolute atomic E-state index is 0.0729. The molecule has 1 saturated carbocycles. The van der Waals surface area contributed by atoms with Crippen LogP contribution in [0.5, 0.6) is 0 Å². The molecule has 3 N–H and O–H groups in total. The van der Waals surface area contributed by atoms with E-state index >= 15 is 0 Å². The lowest BCUT2D eigenvalue weighted by Gasteiger charge is -2.39. The summed E-state index contributed by atoms with van der Waals surface area (Å²) in [5, 5.41) is 9.72. The molecule has 1 rings (SSSR count). The highest BCUT2D eigenvalue weighted by Crippen LogP contribution is 2.36. The first-order chi connectivity index (χ1) is 5.31. The number of nitrogens with two attached hydrogens (primary N) is 1. The van der Waals surface area contributed by atoms with Gasteiger partial charge in [-0.1, -0.05) is 0 Å². The average molecular weight is 171 g/mol. The van der Waals surface area contributed by atoms with Crippen LogP contribution in [-0.4, -0.2) is 16.2 Å². The van der Waals surface area contributed by atoms with Gasteiger partial charge >= 0.3 is 0 Å². The summed E-state index contributed by atoms with van der Waals surface area (Å²) in [4.78, 5) is 0. The van der Waals surface area contributed by atoms with Crippen molar-refractivity contribution >= 4 is 0 Å². The highest BCUT2D eigenvalue weighted by atomic mass is 16.3. The third kappa shape index (κ3) is 2.46. The summed E-state index contributed by atoms with van der Waals surface area (Å²) in [5.74, 6) is 0.581. The standard InChI is InChI=1S/C10H21NO/c1-9(2,11)8-4-6-10(3,12)7-5-8/h8,12H,4-7,11H2,1-3H3. The SMILES string of the molecule is CC1(O)CCC(C(C)(C)N)CC1. The van der Waals surface area contributed by atoms with E-state index in [0.29, 0.717) is 5.92 Å². The monoisotopic (exact) mass is 171 g/mol. The van der Waals surface area contributed by atoms with E-state index in [1.807, 2.05) is 6.92 Å². The molecule has 0 heterocycles. The maximum Gasteiger partial charge on any atom is 0.0620 e. The third-order valence-corrected chi connectivity index (χ3v) is 3.11. The lowest BCUT2D eigenvalue weighted by Crippen LogP contribution is -2.45. The van der Waals surface area contributed by atoms with Crippen molar-refractivity contribution in [1.29, 1.82) is 0 Å². The quantitative estimate of drug-likeness (QED) is 0.630. The van der Waals surface area contributed by atoms with E-state index in [1.54, 1.807) is 0 Å². The summed E-state index contributed by atoms with van der Waals surface area (Å²) < 4.78 is 0. The van der Waals surface area contributed by atoms with E-state index in [-0.39, 0.29) is 5.54 Å². The maximum atomic E-state index is 9.72. The van der Waals surface area contributed by atoms with Crippen molar-refractivity contribution in [2.45, 2.75) is 57.6 Å². The minimum atomic E-state index is -0.429. The van der Waals surface area contributed by atoms with Gasteiger partial charge in [0.15, 0.2) is 0 Å². The molecule has 1 aliphatic rings. The van der Waals surface area contributed by atoms with Crippen LogP contribution < -0.4 is 5.73 Å². The fourth-order valence-corrected chi connectivity index (χ4v) is 1.98. The Bertz CT molecular complexity index is 148. The summed E-state index contributed by atoms with van der Waals surface area (Å²) in [6.45, 7) is 6.09. The molecule has 72 valence electrons. The number of hydrogen-bond acceptors (Lipinski definition) is 2. The topological polar surface area (TPSA) is 46.2 Å². The van der Waals surface area contributed by atoms with Gasteiger partial charge in [-0.25, -0.2) is 0 Å². The molecule has 0 unspecified atom stereocenters. The van der Waals surface area contributed by atoms with Gasteiger partial charge in [0.1, 0.15) is 0 Å². The van der Waals surface area contributed by atoms with E-state index in [2.05, 4.69) is 13.8 Å². The average Bonchev–Trinajstić information content (AvgIpc) is 1.83. The highest BCUT2D eigenvalue weighted by molar-refractivity contribution is 4.90. The zero-order chi connectivity index (χ0) is 9.41. The summed E-state index contributed by atoms with van der Waals surface area (Å²) in [6.07, 6.45) is 3.93. The molecule has 1 aliphatic carbocycles. The van der Waals surface area contributed by atoms with E-state index in [0.717, 1.165) is 25.7 Å². The molecule has 1 fully saturated rings. The van der Waals surface area contributed by atoms with Crippen molar-refractivity contribution in [1.82, 2.24) is 0 Å². The zero-order valence-electron chi connectivity index (χ0n) is 8.43. The molecule has 0 aromatic carbocycles. The minimum Gasteiger partial charge on any atom is -0.390 e. The molecule has 0 aliphatic heterocycles. The molecule has 12 heavy (non-hydrogen) atoms. The van der Waals surface area contributed by atoms with Gasteiger partial charge in [-0.3, -0.25) is 0 Å². The van der Waals surface area contributed by atoms with Gasteiger partial charge in [0.25, 0.3) is 0 Å². The van der Waals surface area contributed by atoms with Crippen LogP contribution in [0.25, 0.3) is 0 Å². The van der Waals surface area contributed by atoms with Crippen LogP contribution in [0.1, 0.15) is 46.5 Å². The maximum absolute atomic E-state index is 9.72. The summed E-state index contributed by atoms with van der Waals surface area (Å²) in [6, 6.07) is 0. The molecule has 0 amide bonds. The van der Waals surface area contributed by atoms with E-state index in [1.165, 1.54) is 0 Å². The molecule has 0 saturated heterocycles. The Hall–Kier alpha value is -0.0800. The van der Waals surface area contributed by atoms with Crippen LogP contribution in [0, 0.1) is 5.92 Å². The Labute approximate surface area is 75.2 Å². The fraction of sp³-hybridized carbons (Fsp3) is 1.00. The lowest BCUT2D eigenvalue weighted by atomic mass is 9.72. The molecule has 2 heteroatoms. The van der Waals surface area contributed by atoms with Crippen molar-refractivity contribution in [3.63, 3.8) is 0 Å². The molecule has 0 spiro atoms. The number of aliphatic hydroxyl groups is 1. The molecule has 0 radical (unpaired) electrons. The van der Waals surface area contributed by atoms with Crippen molar-refractivity contribution in [2.24, 2.45) is 11.7 Å². The van der Waals surface area contributed by atoms with Crippen molar-refractivity contribution in [2.75, 3.05) is 0 Å². The van der Waals surface area contributed by atoms with Crippen LogP contribution >= 0.6 is 0 Å². The van der Waals surface area contributed by atoms with Crippen LogP contribution in [-0.2, 0) is 0 Å². The molecular weight excluding hydrogens is 150 g/mol. The molecule has 2 nitrogen and oxygen atoms in total. The molecular formula is C10H21NO. The molecule has 0 bridgehead atoms. The second kappa shape index (κ2) is 3.00. The smallest absolute Gasteiger partial charge is 0.0620 e. The van der Waals surface area contributed by atoms with Gasteiger partial charge in [-0.2, -0.15) is 0 Å². The second-order valence-electron chi connectivity index (χ2n) is 5.09. The third-order valence-electron chi connectivity index (χ3n) is 3.11. The summed E-state index contributed by atoms with van der Waals surface area (Å²) in [5.41, 5.74) is 5.52. The van der Waals surface area contributed by atoms with Crippen LogP contribution in [0.3, 0.4) is 0 Å². The Morgan fingerprint density at radius 3 is 2.08 bits per heavy atom. The first-order valence-electron chi connectivity index (χ1n) is 4.82. The van der Waals surface area contributed by atoms with E-state index in [4.69, 9.17) is 5.73 Å².